The molecule has 0 heterocycles. The van der Waals surface area contributed by atoms with Crippen LogP contribution in [0.2, 0.25) is 5.02 Å². The first-order chi connectivity index (χ1) is 13.0. The minimum atomic E-state index is -1.15. The van der Waals surface area contributed by atoms with Gasteiger partial charge in [0.05, 0.1) is 4.92 Å². The summed E-state index contributed by atoms with van der Waals surface area (Å²) in [4.78, 5) is 34.9. The van der Waals surface area contributed by atoms with E-state index < -0.39 is 28.6 Å². The average Bonchev–Trinajstić information content (AvgIpc) is 2.61. The molecule has 8 heteroatoms. The Labute approximate surface area is 167 Å². The van der Waals surface area contributed by atoms with Gasteiger partial charge >= 0.3 is 5.97 Å². The first-order valence-electron chi connectivity index (χ1n) is 8.55. The van der Waals surface area contributed by atoms with Crippen LogP contribution in [0.15, 0.2) is 42.5 Å². The Balaban J connectivity index is 2.06. The largest absolute Gasteiger partial charge is 0.449 e. The van der Waals surface area contributed by atoms with Crippen molar-refractivity contribution in [3.8, 4) is 0 Å². The topological polar surface area (TPSA) is 98.5 Å². The number of carbonyl (C=O) groups is 2. The smallest absolute Gasteiger partial charge is 0.345 e. The molecule has 0 aliphatic rings. The number of esters is 1. The van der Waals surface area contributed by atoms with Crippen LogP contribution in [-0.4, -0.2) is 22.9 Å². The van der Waals surface area contributed by atoms with Gasteiger partial charge in [0.1, 0.15) is 5.56 Å². The molecule has 0 aromatic heterocycles. The highest BCUT2D eigenvalue weighted by Crippen LogP contribution is 2.25. The Bertz CT molecular complexity index is 904. The third kappa shape index (κ3) is 5.29. The molecule has 0 saturated heterocycles. The zero-order chi connectivity index (χ0) is 21.1. The summed E-state index contributed by atoms with van der Waals surface area (Å²) >= 11 is 5.73. The van der Waals surface area contributed by atoms with Gasteiger partial charge in [0.2, 0.25) is 0 Å². The molecule has 0 aliphatic carbocycles. The SMILES string of the molecule is CC(OC(=O)c1ccc(Cl)cc1[N+](=O)[O-])C(=O)Nc1ccc(C(C)(C)C)cc1. The van der Waals surface area contributed by atoms with Crippen LogP contribution < -0.4 is 5.32 Å². The number of hydrogen-bond acceptors (Lipinski definition) is 5. The number of ether oxygens (including phenoxy) is 1. The Hall–Kier alpha value is -2.93. The van der Waals surface area contributed by atoms with E-state index in [9.17, 15) is 19.7 Å². The van der Waals surface area contributed by atoms with Crippen LogP contribution >= 0.6 is 11.6 Å². The Morgan fingerprint density at radius 2 is 1.75 bits per heavy atom. The van der Waals surface area contributed by atoms with Crippen LogP contribution in [-0.2, 0) is 14.9 Å². The number of hydrogen-bond donors (Lipinski definition) is 1. The van der Waals surface area contributed by atoms with Crippen molar-refractivity contribution in [2.45, 2.75) is 39.2 Å². The molecule has 1 amide bonds. The van der Waals surface area contributed by atoms with Crippen molar-refractivity contribution in [2.75, 3.05) is 5.32 Å². The number of anilines is 1. The normalized spacial score (nSPS) is 12.2. The molecule has 7 nitrogen and oxygen atoms in total. The van der Waals surface area contributed by atoms with E-state index in [4.69, 9.17) is 16.3 Å². The molecule has 0 radical (unpaired) electrons. The number of benzene rings is 2. The van der Waals surface area contributed by atoms with E-state index >= 15 is 0 Å². The fraction of sp³-hybridized carbons (Fsp3) is 0.300. The van der Waals surface area contributed by atoms with Crippen LogP contribution in [0.25, 0.3) is 0 Å². The third-order valence-corrected chi connectivity index (χ3v) is 4.28. The van der Waals surface area contributed by atoms with Gasteiger partial charge in [0.25, 0.3) is 11.6 Å². The lowest BCUT2D eigenvalue weighted by Crippen LogP contribution is -2.30. The first-order valence-corrected chi connectivity index (χ1v) is 8.93. The van der Waals surface area contributed by atoms with E-state index in [1.807, 2.05) is 12.1 Å². The number of nitrogens with one attached hydrogen (secondary N) is 1. The van der Waals surface area contributed by atoms with Crippen LogP contribution in [0.5, 0.6) is 0 Å². The van der Waals surface area contributed by atoms with Crippen LogP contribution in [0.4, 0.5) is 11.4 Å². The third-order valence-electron chi connectivity index (χ3n) is 4.05. The van der Waals surface area contributed by atoms with Gasteiger partial charge in [0.15, 0.2) is 6.10 Å². The predicted octanol–water partition coefficient (Wildman–Crippen LogP) is 4.73. The second-order valence-corrected chi connectivity index (χ2v) is 7.72. The molecule has 2 rings (SSSR count). The average molecular weight is 405 g/mol. The van der Waals surface area contributed by atoms with E-state index in [1.54, 1.807) is 12.1 Å². The molecule has 0 fully saturated rings. The van der Waals surface area contributed by atoms with Crippen molar-refractivity contribution >= 4 is 34.9 Å². The van der Waals surface area contributed by atoms with Crippen LogP contribution in [0.3, 0.4) is 0 Å². The van der Waals surface area contributed by atoms with E-state index in [2.05, 4.69) is 26.1 Å². The van der Waals surface area contributed by atoms with Crippen molar-refractivity contribution in [2.24, 2.45) is 0 Å². The fourth-order valence-corrected chi connectivity index (χ4v) is 2.57. The molecule has 1 unspecified atom stereocenters. The quantitative estimate of drug-likeness (QED) is 0.441. The maximum Gasteiger partial charge on any atom is 0.345 e. The molecule has 0 aliphatic heterocycles. The Morgan fingerprint density at radius 1 is 1.14 bits per heavy atom. The van der Waals surface area contributed by atoms with Crippen molar-refractivity contribution in [1.82, 2.24) is 0 Å². The van der Waals surface area contributed by atoms with E-state index in [-0.39, 0.29) is 16.0 Å². The molecule has 0 saturated carbocycles. The number of nitrogens with zero attached hydrogens (tertiary/aromatic N) is 1. The van der Waals surface area contributed by atoms with Crippen LogP contribution in [0, 0.1) is 10.1 Å². The number of halogens is 1. The summed E-state index contributed by atoms with van der Waals surface area (Å²) in [6.45, 7) is 7.63. The van der Waals surface area contributed by atoms with E-state index in [0.717, 1.165) is 11.6 Å². The minimum absolute atomic E-state index is 0.0152. The Kier molecular flexibility index (Phi) is 6.41. The molecule has 148 valence electrons. The van der Waals surface area contributed by atoms with Gasteiger partial charge in [-0.15, -0.1) is 0 Å². The standard InChI is InChI=1S/C20H21ClN2O5/c1-12(18(24)22-15-8-5-13(6-9-15)20(2,3)4)28-19(25)16-10-7-14(21)11-17(16)23(26)27/h5-12H,1-4H3,(H,22,24). The van der Waals surface area contributed by atoms with E-state index in [0.29, 0.717) is 5.69 Å². The first kappa shape index (κ1) is 21.4. The van der Waals surface area contributed by atoms with Gasteiger partial charge < -0.3 is 10.1 Å². The number of nitro benzene ring substituents is 1. The molecule has 28 heavy (non-hydrogen) atoms. The monoisotopic (exact) mass is 404 g/mol. The van der Waals surface area contributed by atoms with Gasteiger partial charge in [-0.2, -0.15) is 0 Å². The van der Waals surface area contributed by atoms with Gasteiger partial charge in [-0.05, 0) is 42.2 Å². The second-order valence-electron chi connectivity index (χ2n) is 7.28. The Morgan fingerprint density at radius 3 is 2.29 bits per heavy atom. The lowest BCUT2D eigenvalue weighted by Gasteiger charge is -2.19. The number of rotatable bonds is 5. The summed E-state index contributed by atoms with van der Waals surface area (Å²) < 4.78 is 5.08. The molecule has 0 bridgehead atoms. The number of amides is 1. The second kappa shape index (κ2) is 8.39. The molecule has 1 atom stereocenters. The lowest BCUT2D eigenvalue weighted by molar-refractivity contribution is -0.385. The van der Waals surface area contributed by atoms with Crippen molar-refractivity contribution < 1.29 is 19.2 Å². The number of nitro groups is 1. The van der Waals surface area contributed by atoms with E-state index in [1.165, 1.54) is 19.1 Å². The zero-order valence-electron chi connectivity index (χ0n) is 16.0. The minimum Gasteiger partial charge on any atom is -0.449 e. The molecule has 1 N–H and O–H groups in total. The molecule has 2 aromatic carbocycles. The summed E-state index contributed by atoms with van der Waals surface area (Å²) in [5.74, 6) is -1.53. The van der Waals surface area contributed by atoms with Gasteiger partial charge in [-0.3, -0.25) is 14.9 Å². The van der Waals surface area contributed by atoms with Crippen molar-refractivity contribution in [3.63, 3.8) is 0 Å². The maximum atomic E-state index is 12.3. The van der Waals surface area contributed by atoms with Gasteiger partial charge in [0, 0.05) is 16.8 Å². The summed E-state index contributed by atoms with van der Waals surface area (Å²) in [6.07, 6.45) is -1.15. The summed E-state index contributed by atoms with van der Waals surface area (Å²) in [5, 5.41) is 13.9. The molecule has 0 spiro atoms. The highest BCUT2D eigenvalue weighted by Gasteiger charge is 2.26. The maximum absolute atomic E-state index is 12.3. The fourth-order valence-electron chi connectivity index (χ4n) is 2.40. The summed E-state index contributed by atoms with van der Waals surface area (Å²) in [6, 6.07) is 10.9. The number of carbonyl (C=O) groups excluding carboxylic acids is 2. The van der Waals surface area contributed by atoms with Gasteiger partial charge in [-0.25, -0.2) is 4.79 Å². The van der Waals surface area contributed by atoms with Crippen LogP contribution in [0.1, 0.15) is 43.6 Å². The molecular formula is C20H21ClN2O5. The van der Waals surface area contributed by atoms with Gasteiger partial charge in [-0.1, -0.05) is 44.5 Å². The predicted molar refractivity (Wildman–Crippen MR) is 107 cm³/mol. The summed E-state index contributed by atoms with van der Waals surface area (Å²) in [5.41, 5.74) is 0.892. The summed E-state index contributed by atoms with van der Waals surface area (Å²) in [7, 11) is 0. The lowest BCUT2D eigenvalue weighted by atomic mass is 9.87. The zero-order valence-corrected chi connectivity index (χ0v) is 16.7. The molecule has 2 aromatic rings. The highest BCUT2D eigenvalue weighted by atomic mass is 35.5. The highest BCUT2D eigenvalue weighted by molar-refractivity contribution is 6.31. The molecular weight excluding hydrogens is 384 g/mol. The van der Waals surface area contributed by atoms with Crippen molar-refractivity contribution in [3.05, 3.63) is 68.7 Å². The van der Waals surface area contributed by atoms with Crippen molar-refractivity contribution in [1.29, 1.82) is 0 Å².